The molecular formula is C25H41N3O4S. The molecule has 2 fully saturated rings. The molecule has 3 atom stereocenters. The predicted octanol–water partition coefficient (Wildman–Crippen LogP) is 4.13. The number of morpholine rings is 1. The SMILES string of the molecule is Cc1c(NC(=O)C2CCC(NS(=O)(=O)C(C)C)CC2)ccc(N2CC(C)OC(C)C2C)c1C. The second-order valence-corrected chi connectivity index (χ2v) is 12.4. The summed E-state index contributed by atoms with van der Waals surface area (Å²) in [5.41, 5.74) is 4.30. The largest absolute Gasteiger partial charge is 0.372 e. The smallest absolute Gasteiger partial charge is 0.227 e. The fraction of sp³-hybridized carbons (Fsp3) is 0.720. The summed E-state index contributed by atoms with van der Waals surface area (Å²) in [6.45, 7) is 14.8. The zero-order valence-electron chi connectivity index (χ0n) is 21.1. The van der Waals surface area contributed by atoms with Crippen LogP contribution < -0.4 is 14.9 Å². The zero-order valence-corrected chi connectivity index (χ0v) is 22.0. The normalized spacial score (nSPS) is 28.7. The van der Waals surface area contributed by atoms with Gasteiger partial charge in [-0.15, -0.1) is 0 Å². The van der Waals surface area contributed by atoms with Crippen LogP contribution in [0.4, 0.5) is 11.4 Å². The molecule has 33 heavy (non-hydrogen) atoms. The molecule has 1 heterocycles. The number of amides is 1. The lowest BCUT2D eigenvalue weighted by Crippen LogP contribution is -2.52. The third kappa shape index (κ3) is 5.89. The van der Waals surface area contributed by atoms with E-state index in [1.807, 2.05) is 6.07 Å². The summed E-state index contributed by atoms with van der Waals surface area (Å²) >= 11 is 0. The van der Waals surface area contributed by atoms with E-state index in [0.717, 1.165) is 17.8 Å². The monoisotopic (exact) mass is 479 g/mol. The molecule has 0 aromatic heterocycles. The van der Waals surface area contributed by atoms with Crippen LogP contribution in [0.5, 0.6) is 0 Å². The van der Waals surface area contributed by atoms with Gasteiger partial charge >= 0.3 is 0 Å². The van der Waals surface area contributed by atoms with Gasteiger partial charge in [0.1, 0.15) is 0 Å². The summed E-state index contributed by atoms with van der Waals surface area (Å²) in [4.78, 5) is 15.4. The topological polar surface area (TPSA) is 87.7 Å². The number of carbonyl (C=O) groups is 1. The van der Waals surface area contributed by atoms with Crippen LogP contribution in [0.15, 0.2) is 12.1 Å². The number of hydrogen-bond acceptors (Lipinski definition) is 5. The molecule has 3 rings (SSSR count). The molecule has 7 nitrogen and oxygen atoms in total. The van der Waals surface area contributed by atoms with E-state index in [1.54, 1.807) is 13.8 Å². The van der Waals surface area contributed by atoms with Crippen LogP contribution in [-0.2, 0) is 19.6 Å². The van der Waals surface area contributed by atoms with Crippen LogP contribution in [0.25, 0.3) is 0 Å². The maximum Gasteiger partial charge on any atom is 0.227 e. The summed E-state index contributed by atoms with van der Waals surface area (Å²) in [5.74, 6) is -0.0671. The van der Waals surface area contributed by atoms with Crippen LogP contribution in [0, 0.1) is 19.8 Å². The van der Waals surface area contributed by atoms with Gasteiger partial charge in [-0.1, -0.05) is 0 Å². The van der Waals surface area contributed by atoms with Gasteiger partial charge in [-0.25, -0.2) is 13.1 Å². The fourth-order valence-electron chi connectivity index (χ4n) is 4.87. The molecule has 1 saturated heterocycles. The summed E-state index contributed by atoms with van der Waals surface area (Å²) in [7, 11) is -3.28. The van der Waals surface area contributed by atoms with Crippen molar-refractivity contribution in [3.8, 4) is 0 Å². The van der Waals surface area contributed by atoms with E-state index in [2.05, 4.69) is 55.6 Å². The van der Waals surface area contributed by atoms with Crippen LogP contribution in [0.3, 0.4) is 0 Å². The Morgan fingerprint density at radius 1 is 1.06 bits per heavy atom. The Hall–Kier alpha value is -1.64. The molecule has 1 saturated carbocycles. The highest BCUT2D eigenvalue weighted by atomic mass is 32.2. The summed E-state index contributed by atoms with van der Waals surface area (Å²) in [5, 5.41) is 2.70. The first kappa shape index (κ1) is 26.0. The minimum atomic E-state index is -3.28. The minimum absolute atomic E-state index is 0.0254. The van der Waals surface area contributed by atoms with E-state index >= 15 is 0 Å². The first-order chi connectivity index (χ1) is 15.4. The van der Waals surface area contributed by atoms with Gasteiger partial charge in [-0.2, -0.15) is 0 Å². The van der Waals surface area contributed by atoms with Crippen LogP contribution in [-0.4, -0.2) is 50.4 Å². The molecule has 3 unspecified atom stereocenters. The lowest BCUT2D eigenvalue weighted by Gasteiger charge is -2.43. The van der Waals surface area contributed by atoms with E-state index in [-0.39, 0.29) is 36.1 Å². The summed E-state index contributed by atoms with van der Waals surface area (Å²) in [6, 6.07) is 4.32. The lowest BCUT2D eigenvalue weighted by atomic mass is 9.86. The molecular weight excluding hydrogens is 438 g/mol. The van der Waals surface area contributed by atoms with Crippen molar-refractivity contribution >= 4 is 27.3 Å². The fourth-order valence-corrected chi connectivity index (χ4v) is 5.84. The number of carbonyl (C=O) groups excluding carboxylic acids is 1. The zero-order chi connectivity index (χ0) is 24.5. The third-order valence-electron chi connectivity index (χ3n) is 7.45. The molecule has 8 heteroatoms. The van der Waals surface area contributed by atoms with Crippen molar-refractivity contribution in [2.24, 2.45) is 5.92 Å². The van der Waals surface area contributed by atoms with Crippen LogP contribution in [0.2, 0.25) is 0 Å². The van der Waals surface area contributed by atoms with Crippen molar-refractivity contribution in [1.29, 1.82) is 0 Å². The minimum Gasteiger partial charge on any atom is -0.372 e. The average molecular weight is 480 g/mol. The number of anilines is 2. The number of nitrogens with one attached hydrogen (secondary N) is 2. The maximum atomic E-state index is 13.0. The number of nitrogens with zero attached hydrogens (tertiary/aromatic N) is 1. The molecule has 2 aliphatic rings. The van der Waals surface area contributed by atoms with Gasteiger partial charge < -0.3 is 15.0 Å². The molecule has 1 aliphatic heterocycles. The van der Waals surface area contributed by atoms with Crippen LogP contribution in [0.1, 0.15) is 71.4 Å². The van der Waals surface area contributed by atoms with Crippen molar-refractivity contribution < 1.29 is 17.9 Å². The molecule has 0 bridgehead atoms. The Morgan fingerprint density at radius 3 is 2.30 bits per heavy atom. The molecule has 0 radical (unpaired) electrons. The second kappa shape index (κ2) is 10.3. The van der Waals surface area contributed by atoms with Crippen LogP contribution >= 0.6 is 0 Å². The standard InChI is InChI=1S/C25H41N3O4S/c1-15(2)33(30,31)27-22-10-8-21(9-11-22)25(29)26-23-12-13-24(18(5)17(23)4)28-14-16(3)32-20(7)19(28)6/h12-13,15-16,19-22,27H,8-11,14H2,1-7H3,(H,26,29). The Labute approximate surface area is 199 Å². The quantitative estimate of drug-likeness (QED) is 0.641. The van der Waals surface area contributed by atoms with E-state index < -0.39 is 15.3 Å². The molecule has 1 aromatic carbocycles. The van der Waals surface area contributed by atoms with E-state index in [0.29, 0.717) is 25.7 Å². The van der Waals surface area contributed by atoms with E-state index in [1.165, 1.54) is 11.3 Å². The molecule has 0 spiro atoms. The highest BCUT2D eigenvalue weighted by molar-refractivity contribution is 7.90. The second-order valence-electron chi connectivity index (χ2n) is 10.2. The summed E-state index contributed by atoms with van der Waals surface area (Å²) in [6.07, 6.45) is 3.09. The van der Waals surface area contributed by atoms with Crippen molar-refractivity contribution in [1.82, 2.24) is 4.72 Å². The van der Waals surface area contributed by atoms with Crippen molar-refractivity contribution in [3.63, 3.8) is 0 Å². The van der Waals surface area contributed by atoms with E-state index in [9.17, 15) is 13.2 Å². The lowest BCUT2D eigenvalue weighted by molar-refractivity contribution is -0.120. The molecule has 1 aromatic rings. The van der Waals surface area contributed by atoms with Gasteiger partial charge in [0, 0.05) is 29.9 Å². The van der Waals surface area contributed by atoms with Gasteiger partial charge in [-0.05, 0) is 97.4 Å². The molecule has 2 N–H and O–H groups in total. The Kier molecular flexibility index (Phi) is 8.12. The number of sulfonamides is 1. The van der Waals surface area contributed by atoms with Crippen molar-refractivity contribution in [2.75, 3.05) is 16.8 Å². The van der Waals surface area contributed by atoms with Gasteiger partial charge in [-0.3, -0.25) is 4.79 Å². The first-order valence-corrected chi connectivity index (χ1v) is 13.8. The molecule has 186 valence electrons. The number of benzene rings is 1. The van der Waals surface area contributed by atoms with Gasteiger partial charge in [0.05, 0.1) is 23.5 Å². The Morgan fingerprint density at radius 2 is 1.70 bits per heavy atom. The van der Waals surface area contributed by atoms with Gasteiger partial charge in [0.25, 0.3) is 0 Å². The average Bonchev–Trinajstić information content (AvgIpc) is 2.74. The number of rotatable bonds is 6. The first-order valence-electron chi connectivity index (χ1n) is 12.2. The third-order valence-corrected chi connectivity index (χ3v) is 9.35. The van der Waals surface area contributed by atoms with Gasteiger partial charge in [0.15, 0.2) is 0 Å². The number of ether oxygens (including phenoxy) is 1. The highest BCUT2D eigenvalue weighted by Crippen LogP contribution is 2.34. The van der Waals surface area contributed by atoms with Crippen molar-refractivity contribution in [3.05, 3.63) is 23.3 Å². The molecule has 1 amide bonds. The highest BCUT2D eigenvalue weighted by Gasteiger charge is 2.32. The van der Waals surface area contributed by atoms with Gasteiger partial charge in [0.2, 0.25) is 15.9 Å². The maximum absolute atomic E-state index is 13.0. The predicted molar refractivity (Wildman–Crippen MR) is 134 cm³/mol. The van der Waals surface area contributed by atoms with E-state index in [4.69, 9.17) is 4.74 Å². The van der Waals surface area contributed by atoms with Crippen molar-refractivity contribution in [2.45, 2.75) is 104 Å². The number of hydrogen-bond donors (Lipinski definition) is 2. The Balaban J connectivity index is 1.64. The molecule has 1 aliphatic carbocycles. The summed E-state index contributed by atoms with van der Waals surface area (Å²) < 4.78 is 33.0. The Bertz CT molecular complexity index is 955.